The molecule has 1 saturated heterocycles. The van der Waals surface area contributed by atoms with Gasteiger partial charge in [-0.2, -0.15) is 0 Å². The summed E-state index contributed by atoms with van der Waals surface area (Å²) < 4.78 is 16.1. The van der Waals surface area contributed by atoms with E-state index >= 15 is 0 Å². The Morgan fingerprint density at radius 3 is 2.32 bits per heavy atom. The molecule has 0 unspecified atom stereocenters. The van der Waals surface area contributed by atoms with Gasteiger partial charge in [0, 0.05) is 13.1 Å². The Bertz CT molecular complexity index is 657. The van der Waals surface area contributed by atoms with Crippen LogP contribution in [0.25, 0.3) is 0 Å². The molecule has 0 saturated carbocycles. The molecule has 5 nitrogen and oxygen atoms in total. The number of methoxy groups -OCH3 is 3. The third-order valence-electron chi connectivity index (χ3n) is 5.36. The van der Waals surface area contributed by atoms with Crippen molar-refractivity contribution in [2.45, 2.75) is 26.2 Å². The van der Waals surface area contributed by atoms with Crippen molar-refractivity contribution in [2.75, 3.05) is 34.4 Å². The zero-order chi connectivity index (χ0) is 18.0. The van der Waals surface area contributed by atoms with E-state index in [1.165, 1.54) is 5.57 Å². The van der Waals surface area contributed by atoms with Crippen molar-refractivity contribution in [1.82, 2.24) is 4.90 Å². The van der Waals surface area contributed by atoms with Crippen LogP contribution in [0.4, 0.5) is 0 Å². The predicted molar refractivity (Wildman–Crippen MR) is 96.4 cm³/mol. The monoisotopic (exact) mass is 345 g/mol. The van der Waals surface area contributed by atoms with Crippen molar-refractivity contribution >= 4 is 5.91 Å². The first-order valence-electron chi connectivity index (χ1n) is 8.78. The van der Waals surface area contributed by atoms with Gasteiger partial charge < -0.3 is 19.1 Å². The molecule has 1 aromatic carbocycles. The van der Waals surface area contributed by atoms with Crippen LogP contribution in [0.3, 0.4) is 0 Å². The van der Waals surface area contributed by atoms with Crippen LogP contribution in [0.2, 0.25) is 0 Å². The third-order valence-corrected chi connectivity index (χ3v) is 5.36. The number of hydrogen-bond donors (Lipinski definition) is 0. The minimum absolute atomic E-state index is 0.168. The van der Waals surface area contributed by atoms with E-state index in [1.807, 2.05) is 17.0 Å². The summed E-state index contributed by atoms with van der Waals surface area (Å²) in [6.07, 6.45) is 4.90. The number of benzene rings is 1. The Morgan fingerprint density at radius 2 is 1.72 bits per heavy atom. The molecule has 25 heavy (non-hydrogen) atoms. The molecule has 0 N–H and O–H groups in total. The Balaban J connectivity index is 1.71. The van der Waals surface area contributed by atoms with Crippen LogP contribution in [-0.4, -0.2) is 45.2 Å². The number of rotatable bonds is 5. The van der Waals surface area contributed by atoms with Crippen LogP contribution in [0.5, 0.6) is 17.2 Å². The van der Waals surface area contributed by atoms with Crippen molar-refractivity contribution < 1.29 is 19.0 Å². The van der Waals surface area contributed by atoms with Crippen molar-refractivity contribution in [3.8, 4) is 17.2 Å². The van der Waals surface area contributed by atoms with Crippen LogP contribution in [0.1, 0.15) is 25.3 Å². The molecule has 2 atom stereocenters. The summed E-state index contributed by atoms with van der Waals surface area (Å²) in [6.45, 7) is 3.94. The maximum absolute atomic E-state index is 12.8. The lowest BCUT2D eigenvalue weighted by Crippen LogP contribution is -2.30. The van der Waals surface area contributed by atoms with E-state index in [9.17, 15) is 4.79 Å². The summed E-state index contributed by atoms with van der Waals surface area (Å²) >= 11 is 0. The third kappa shape index (κ3) is 3.60. The van der Waals surface area contributed by atoms with Gasteiger partial charge in [0.2, 0.25) is 11.7 Å². The summed E-state index contributed by atoms with van der Waals surface area (Å²) in [5.74, 6) is 3.12. The quantitative estimate of drug-likeness (QED) is 0.770. The van der Waals surface area contributed by atoms with Crippen LogP contribution in [0, 0.1) is 11.8 Å². The second-order valence-corrected chi connectivity index (χ2v) is 7.02. The summed E-state index contributed by atoms with van der Waals surface area (Å²) in [6, 6.07) is 3.71. The normalized spacial score (nSPS) is 22.2. The van der Waals surface area contributed by atoms with Crippen LogP contribution >= 0.6 is 0 Å². The second-order valence-electron chi connectivity index (χ2n) is 7.02. The topological polar surface area (TPSA) is 48.0 Å². The number of carbonyl (C=O) groups excluding carboxylic acids is 1. The highest BCUT2D eigenvalue weighted by atomic mass is 16.5. The van der Waals surface area contributed by atoms with E-state index in [1.54, 1.807) is 21.3 Å². The molecule has 136 valence electrons. The number of allylic oxidation sites excluding steroid dienone is 2. The second kappa shape index (κ2) is 7.38. The maximum atomic E-state index is 12.8. The SMILES string of the molecule is COc1cc(CC(=O)N2C[C@H]3CC=C(C)C[C@H]3C2)cc(OC)c1OC. The van der Waals surface area contributed by atoms with Gasteiger partial charge in [-0.15, -0.1) is 0 Å². The maximum Gasteiger partial charge on any atom is 0.227 e. The fourth-order valence-corrected chi connectivity index (χ4v) is 4.01. The van der Waals surface area contributed by atoms with Gasteiger partial charge in [-0.25, -0.2) is 0 Å². The first-order valence-corrected chi connectivity index (χ1v) is 8.78. The number of ether oxygens (including phenoxy) is 3. The molecule has 0 spiro atoms. The van der Waals surface area contributed by atoms with Crippen molar-refractivity contribution in [1.29, 1.82) is 0 Å². The Morgan fingerprint density at radius 1 is 1.08 bits per heavy atom. The fourth-order valence-electron chi connectivity index (χ4n) is 4.01. The molecule has 2 aliphatic rings. The lowest BCUT2D eigenvalue weighted by Gasteiger charge is -2.21. The average Bonchev–Trinajstić information content (AvgIpc) is 3.04. The van der Waals surface area contributed by atoms with Gasteiger partial charge in [-0.3, -0.25) is 4.79 Å². The van der Waals surface area contributed by atoms with Gasteiger partial charge in [0.15, 0.2) is 11.5 Å². The highest BCUT2D eigenvalue weighted by molar-refractivity contribution is 5.79. The molecule has 1 amide bonds. The lowest BCUT2D eigenvalue weighted by molar-refractivity contribution is -0.129. The summed E-state index contributed by atoms with van der Waals surface area (Å²) in [5.41, 5.74) is 2.34. The number of likely N-dealkylation sites (tertiary alicyclic amines) is 1. The molecule has 0 bridgehead atoms. The molecular weight excluding hydrogens is 318 g/mol. The molecule has 3 rings (SSSR count). The predicted octanol–water partition coefficient (Wildman–Crippen LogP) is 3.07. The molecule has 1 heterocycles. The molecule has 1 aromatic rings. The van der Waals surface area contributed by atoms with Gasteiger partial charge in [-0.1, -0.05) is 11.6 Å². The van der Waals surface area contributed by atoms with Gasteiger partial charge in [0.1, 0.15) is 0 Å². The Hall–Kier alpha value is -2.17. The number of fused-ring (bicyclic) bond motifs is 1. The molecule has 1 aliphatic heterocycles. The largest absolute Gasteiger partial charge is 0.493 e. The molecule has 1 aliphatic carbocycles. The van der Waals surface area contributed by atoms with E-state index in [2.05, 4.69) is 13.0 Å². The number of nitrogens with zero attached hydrogens (tertiary/aromatic N) is 1. The molecular formula is C20H27NO4. The van der Waals surface area contributed by atoms with Crippen molar-refractivity contribution in [3.05, 3.63) is 29.3 Å². The fraction of sp³-hybridized carbons (Fsp3) is 0.550. The van der Waals surface area contributed by atoms with E-state index in [0.29, 0.717) is 35.5 Å². The van der Waals surface area contributed by atoms with Crippen LogP contribution in [-0.2, 0) is 11.2 Å². The molecule has 5 heteroatoms. The summed E-state index contributed by atoms with van der Waals surface area (Å²) in [7, 11) is 4.75. The zero-order valence-electron chi connectivity index (χ0n) is 15.5. The number of carbonyl (C=O) groups is 1. The Kier molecular flexibility index (Phi) is 5.21. The minimum atomic E-state index is 0.168. The van der Waals surface area contributed by atoms with Crippen LogP contribution < -0.4 is 14.2 Å². The van der Waals surface area contributed by atoms with Gasteiger partial charge in [0.25, 0.3) is 0 Å². The smallest absolute Gasteiger partial charge is 0.227 e. The first-order chi connectivity index (χ1) is 12.0. The standard InChI is InChI=1S/C20H27NO4/c1-13-5-6-15-11-21(12-16(15)7-13)19(22)10-14-8-17(23-2)20(25-4)18(9-14)24-3/h5,8-9,15-16H,6-7,10-12H2,1-4H3/t15-,16+/m1/s1. The highest BCUT2D eigenvalue weighted by Crippen LogP contribution is 2.39. The van der Waals surface area contributed by atoms with Crippen LogP contribution in [0.15, 0.2) is 23.8 Å². The lowest BCUT2D eigenvalue weighted by atomic mass is 9.83. The summed E-state index contributed by atoms with van der Waals surface area (Å²) in [4.78, 5) is 14.8. The average molecular weight is 345 g/mol. The van der Waals surface area contributed by atoms with Gasteiger partial charge in [-0.05, 0) is 49.3 Å². The first kappa shape index (κ1) is 17.6. The summed E-state index contributed by atoms with van der Waals surface area (Å²) in [5, 5.41) is 0. The molecule has 1 fully saturated rings. The minimum Gasteiger partial charge on any atom is -0.493 e. The van der Waals surface area contributed by atoms with Crippen molar-refractivity contribution in [2.24, 2.45) is 11.8 Å². The number of hydrogen-bond acceptors (Lipinski definition) is 4. The van der Waals surface area contributed by atoms with E-state index in [-0.39, 0.29) is 5.91 Å². The Labute approximate surface area is 149 Å². The van der Waals surface area contributed by atoms with Gasteiger partial charge >= 0.3 is 0 Å². The number of amides is 1. The van der Waals surface area contributed by atoms with Gasteiger partial charge in [0.05, 0.1) is 27.8 Å². The van der Waals surface area contributed by atoms with E-state index < -0.39 is 0 Å². The van der Waals surface area contributed by atoms with Crippen molar-refractivity contribution in [3.63, 3.8) is 0 Å². The van der Waals surface area contributed by atoms with E-state index in [0.717, 1.165) is 31.5 Å². The molecule has 0 aromatic heterocycles. The molecule has 0 radical (unpaired) electrons. The van der Waals surface area contributed by atoms with E-state index in [4.69, 9.17) is 14.2 Å². The highest BCUT2D eigenvalue weighted by Gasteiger charge is 2.36. The zero-order valence-corrected chi connectivity index (χ0v) is 15.5.